The Bertz CT molecular complexity index is 1050. The van der Waals surface area contributed by atoms with E-state index < -0.39 is 16.2 Å². The molecule has 0 heterocycles. The van der Waals surface area contributed by atoms with Crippen LogP contribution in [0.4, 0.5) is 0 Å². The molecule has 4 aromatic rings. The Kier molecular flexibility index (Phi) is 8.43. The normalized spacial score (nSPS) is 14.2. The molecular formula is C29H31NOP2. The Morgan fingerprint density at radius 2 is 1.00 bits per heavy atom. The van der Waals surface area contributed by atoms with E-state index in [1.165, 1.54) is 21.5 Å². The van der Waals surface area contributed by atoms with E-state index in [-0.39, 0.29) is 12.1 Å². The maximum Gasteiger partial charge on any atom is 0.103 e. The van der Waals surface area contributed by atoms with Crippen LogP contribution < -0.4 is 15.9 Å². The van der Waals surface area contributed by atoms with Crippen LogP contribution >= 0.6 is 16.2 Å². The minimum absolute atomic E-state index is 0.0589. The number of benzene rings is 4. The molecule has 3 atom stereocenters. The van der Waals surface area contributed by atoms with E-state index in [1.807, 2.05) is 0 Å². The van der Waals surface area contributed by atoms with Crippen LogP contribution in [0, 0.1) is 0 Å². The van der Waals surface area contributed by atoms with Crippen LogP contribution in [0.2, 0.25) is 0 Å². The smallest absolute Gasteiger partial charge is 0.103 e. The average molecular weight is 472 g/mol. The van der Waals surface area contributed by atoms with Crippen molar-refractivity contribution in [2.45, 2.75) is 19.1 Å². The van der Waals surface area contributed by atoms with Crippen molar-refractivity contribution in [1.82, 2.24) is 4.67 Å². The molecule has 0 spiro atoms. The summed E-state index contributed by atoms with van der Waals surface area (Å²) in [5.41, 5.74) is 1.22. The lowest BCUT2D eigenvalue weighted by atomic mass is 10.0. The average Bonchev–Trinajstić information content (AvgIpc) is 2.90. The fraction of sp³-hybridized carbons (Fsp3) is 0.172. The fourth-order valence-electron chi connectivity index (χ4n) is 3.88. The summed E-state index contributed by atoms with van der Waals surface area (Å²) in [4.78, 5) is 0. The summed E-state index contributed by atoms with van der Waals surface area (Å²) < 4.78 is 9.60. The van der Waals surface area contributed by atoms with Gasteiger partial charge in [-0.15, -0.1) is 0 Å². The topological polar surface area (TPSA) is 12.5 Å². The molecule has 0 N–H and O–H groups in total. The molecular weight excluding hydrogens is 440 g/mol. The quantitative estimate of drug-likeness (QED) is 0.260. The van der Waals surface area contributed by atoms with E-state index >= 15 is 0 Å². The first-order valence-corrected chi connectivity index (χ1v) is 14.3. The maximum absolute atomic E-state index is 7.11. The summed E-state index contributed by atoms with van der Waals surface area (Å²) in [7, 11) is 0.796. The van der Waals surface area contributed by atoms with Gasteiger partial charge in [0, 0.05) is 16.7 Å². The molecule has 168 valence electrons. The highest BCUT2D eigenvalue weighted by atomic mass is 31.1. The maximum atomic E-state index is 7.11. The van der Waals surface area contributed by atoms with Crippen LogP contribution in [0.15, 0.2) is 121 Å². The van der Waals surface area contributed by atoms with Gasteiger partial charge in [-0.05, 0) is 39.6 Å². The summed E-state index contributed by atoms with van der Waals surface area (Å²) in [5, 5.41) is 3.84. The number of nitrogens with zero attached hydrogens (tertiary/aromatic N) is 1. The molecule has 0 aliphatic carbocycles. The first-order chi connectivity index (χ1) is 16.1. The monoisotopic (exact) mass is 471 g/mol. The van der Waals surface area contributed by atoms with Crippen LogP contribution in [0.5, 0.6) is 0 Å². The molecule has 4 rings (SSSR count). The van der Waals surface area contributed by atoms with Crippen molar-refractivity contribution in [3.8, 4) is 0 Å². The largest absolute Gasteiger partial charge is 0.340 e. The molecule has 0 aromatic heterocycles. The molecule has 0 aliphatic rings. The summed E-state index contributed by atoms with van der Waals surface area (Å²) >= 11 is 0. The lowest BCUT2D eigenvalue weighted by molar-refractivity contribution is 0.154. The zero-order chi connectivity index (χ0) is 23.0. The Morgan fingerprint density at radius 3 is 1.45 bits per heavy atom. The first-order valence-electron chi connectivity index (χ1n) is 11.3. The van der Waals surface area contributed by atoms with Gasteiger partial charge in [-0.2, -0.15) is 0 Å². The van der Waals surface area contributed by atoms with Gasteiger partial charge < -0.3 is 4.52 Å². The molecule has 33 heavy (non-hydrogen) atoms. The van der Waals surface area contributed by atoms with Gasteiger partial charge >= 0.3 is 0 Å². The van der Waals surface area contributed by atoms with E-state index in [4.69, 9.17) is 4.52 Å². The molecule has 0 radical (unpaired) electrons. The molecule has 0 saturated heterocycles. The third-order valence-electron chi connectivity index (χ3n) is 5.96. The van der Waals surface area contributed by atoms with Crippen LogP contribution in [-0.4, -0.2) is 24.4 Å². The van der Waals surface area contributed by atoms with Crippen molar-refractivity contribution in [3.05, 3.63) is 127 Å². The highest BCUT2D eigenvalue weighted by Crippen LogP contribution is 2.46. The Balaban J connectivity index is 1.69. The van der Waals surface area contributed by atoms with Gasteiger partial charge in [0.05, 0.1) is 8.15 Å². The highest BCUT2D eigenvalue weighted by molar-refractivity contribution is 7.68. The van der Waals surface area contributed by atoms with E-state index in [2.05, 4.69) is 147 Å². The molecule has 0 bridgehead atoms. The van der Waals surface area contributed by atoms with Crippen LogP contribution in [0.1, 0.15) is 18.6 Å². The van der Waals surface area contributed by atoms with Gasteiger partial charge in [0.1, 0.15) is 6.10 Å². The van der Waals surface area contributed by atoms with Gasteiger partial charge in [0.15, 0.2) is 0 Å². The van der Waals surface area contributed by atoms with E-state index in [9.17, 15) is 0 Å². The van der Waals surface area contributed by atoms with Crippen molar-refractivity contribution in [2.75, 3.05) is 13.7 Å². The SMILES string of the molecule is C[C@H]([C@@H](OP(c1ccccc1)c1ccccc1)c1ccccc1)N(C)P(C)c1ccccc1. The van der Waals surface area contributed by atoms with Gasteiger partial charge in [0.25, 0.3) is 0 Å². The van der Waals surface area contributed by atoms with Crippen molar-refractivity contribution in [1.29, 1.82) is 0 Å². The lowest BCUT2D eigenvalue weighted by Crippen LogP contribution is -2.34. The van der Waals surface area contributed by atoms with Crippen LogP contribution in [0.25, 0.3) is 0 Å². The lowest BCUT2D eigenvalue weighted by Gasteiger charge is -2.37. The Morgan fingerprint density at radius 1 is 0.606 bits per heavy atom. The van der Waals surface area contributed by atoms with E-state index in [0.717, 1.165) is 0 Å². The zero-order valence-corrected chi connectivity index (χ0v) is 21.2. The standard InChI is InChI=1S/C29H31NOP2/c1-24(30(2)32(3)26-18-10-5-11-19-26)29(25-16-8-4-9-17-25)31-33(27-20-12-6-13-21-27)28-22-14-7-15-23-28/h4-24,29H,1-3H3/t24-,29-,32?/m1/s1. The second kappa shape index (κ2) is 11.7. The second-order valence-corrected chi connectivity index (χ2v) is 12.1. The second-order valence-electron chi connectivity index (χ2n) is 8.08. The van der Waals surface area contributed by atoms with Crippen LogP contribution in [-0.2, 0) is 4.52 Å². The van der Waals surface area contributed by atoms with Gasteiger partial charge in [0.2, 0.25) is 0 Å². The Hall–Kier alpha value is -2.34. The number of rotatable bonds is 9. The van der Waals surface area contributed by atoms with Crippen molar-refractivity contribution >= 4 is 32.1 Å². The number of likely N-dealkylation sites (N-methyl/N-ethyl adjacent to an activating group) is 1. The molecule has 0 aliphatic heterocycles. The molecule has 2 nitrogen and oxygen atoms in total. The molecule has 0 amide bonds. The zero-order valence-electron chi connectivity index (χ0n) is 19.5. The molecule has 4 heteroatoms. The molecule has 4 aromatic carbocycles. The molecule has 1 unspecified atom stereocenters. The molecule has 0 saturated carbocycles. The Labute approximate surface area is 200 Å². The van der Waals surface area contributed by atoms with E-state index in [0.29, 0.717) is 0 Å². The minimum atomic E-state index is -0.964. The third kappa shape index (κ3) is 5.97. The fourth-order valence-corrected chi connectivity index (χ4v) is 7.46. The van der Waals surface area contributed by atoms with Gasteiger partial charge in [-0.1, -0.05) is 121 Å². The van der Waals surface area contributed by atoms with Crippen LogP contribution in [0.3, 0.4) is 0 Å². The minimum Gasteiger partial charge on any atom is -0.340 e. The summed E-state index contributed by atoms with van der Waals surface area (Å²) in [6.07, 6.45) is -0.0589. The number of hydrogen-bond acceptors (Lipinski definition) is 2. The van der Waals surface area contributed by atoms with Crippen molar-refractivity contribution in [3.63, 3.8) is 0 Å². The number of hydrogen-bond donors (Lipinski definition) is 0. The van der Waals surface area contributed by atoms with Gasteiger partial charge in [-0.25, -0.2) is 0 Å². The summed E-state index contributed by atoms with van der Waals surface area (Å²) in [6.45, 7) is 4.63. The highest BCUT2D eigenvalue weighted by Gasteiger charge is 2.30. The van der Waals surface area contributed by atoms with Gasteiger partial charge in [-0.3, -0.25) is 4.67 Å². The third-order valence-corrected chi connectivity index (χ3v) is 10.3. The van der Waals surface area contributed by atoms with Crippen molar-refractivity contribution in [2.24, 2.45) is 0 Å². The summed E-state index contributed by atoms with van der Waals surface area (Å²) in [5.74, 6) is 0. The van der Waals surface area contributed by atoms with E-state index in [1.54, 1.807) is 0 Å². The van der Waals surface area contributed by atoms with Crippen molar-refractivity contribution < 1.29 is 4.52 Å². The predicted octanol–water partition coefficient (Wildman–Crippen LogP) is 6.46. The molecule has 0 fully saturated rings. The summed E-state index contributed by atoms with van der Waals surface area (Å²) in [6, 6.07) is 43.0. The first kappa shape index (κ1) is 23.8. The predicted molar refractivity (Wildman–Crippen MR) is 145 cm³/mol.